The van der Waals surface area contributed by atoms with Crippen molar-refractivity contribution in [2.24, 2.45) is 0 Å². The molecule has 22 heavy (non-hydrogen) atoms. The van der Waals surface area contributed by atoms with Crippen molar-refractivity contribution in [1.82, 2.24) is 5.32 Å². The molecule has 0 aromatic heterocycles. The maximum atomic E-state index is 13.7. The van der Waals surface area contributed by atoms with E-state index in [4.69, 9.17) is 0 Å². The molecule has 2 atom stereocenters. The number of rotatable bonds is 4. The molecule has 2 nitrogen and oxygen atoms in total. The third-order valence-corrected chi connectivity index (χ3v) is 3.53. The zero-order chi connectivity index (χ0) is 16.2. The Balaban J connectivity index is 2.45. The molecule has 0 heterocycles. The highest BCUT2D eigenvalue weighted by molar-refractivity contribution is 5.35. The molecule has 0 amide bonds. The van der Waals surface area contributed by atoms with Gasteiger partial charge in [0.15, 0.2) is 0 Å². The highest BCUT2D eigenvalue weighted by Crippen LogP contribution is 2.40. The van der Waals surface area contributed by atoms with Gasteiger partial charge in [-0.3, -0.25) is 5.32 Å². The molecular weight excluding hydrogens is 289 g/mol. The minimum absolute atomic E-state index is 0.118. The summed E-state index contributed by atoms with van der Waals surface area (Å²) in [5.41, 5.74) is -2.18. The largest absolute Gasteiger partial charge is 0.424 e. The van der Waals surface area contributed by atoms with E-state index in [0.717, 1.165) is 0 Å². The van der Waals surface area contributed by atoms with Crippen LogP contribution >= 0.6 is 0 Å². The van der Waals surface area contributed by atoms with Crippen LogP contribution in [0.4, 0.5) is 13.2 Å². The Morgan fingerprint density at radius 1 is 0.955 bits per heavy atom. The van der Waals surface area contributed by atoms with Crippen LogP contribution in [0.25, 0.3) is 0 Å². The van der Waals surface area contributed by atoms with Gasteiger partial charge in [-0.25, -0.2) is 0 Å². The minimum Gasteiger partial charge on any atom is -0.281 e. The van der Waals surface area contributed by atoms with Gasteiger partial charge in [-0.1, -0.05) is 60.7 Å². The normalized spacial score (nSPS) is 15.6. The number of hydrogen-bond acceptors (Lipinski definition) is 2. The smallest absolute Gasteiger partial charge is 0.281 e. The van der Waals surface area contributed by atoms with Gasteiger partial charge >= 0.3 is 6.18 Å². The lowest BCUT2D eigenvalue weighted by Crippen LogP contribution is -2.53. The molecule has 0 unspecified atom stereocenters. The lowest BCUT2D eigenvalue weighted by atomic mass is 9.89. The molecule has 2 rings (SSSR count). The third-order valence-electron chi connectivity index (χ3n) is 3.53. The fourth-order valence-electron chi connectivity index (χ4n) is 2.33. The Labute approximate surface area is 127 Å². The quantitative estimate of drug-likeness (QED) is 0.913. The molecule has 0 bridgehead atoms. The summed E-state index contributed by atoms with van der Waals surface area (Å²) >= 11 is 0. The number of alkyl halides is 3. The van der Waals surface area contributed by atoms with Crippen LogP contribution in [-0.4, -0.2) is 6.18 Å². The number of hydrogen-bond donors (Lipinski definition) is 1. The zero-order valence-electron chi connectivity index (χ0n) is 11.9. The predicted molar refractivity (Wildman–Crippen MR) is 77.8 cm³/mol. The van der Waals surface area contributed by atoms with Gasteiger partial charge in [0.1, 0.15) is 0 Å². The summed E-state index contributed by atoms with van der Waals surface area (Å²) in [6, 6.07) is 16.7. The maximum absolute atomic E-state index is 13.7. The minimum atomic E-state index is -4.74. The first-order chi connectivity index (χ1) is 10.4. The number of nitrogens with one attached hydrogen (secondary N) is 1. The van der Waals surface area contributed by atoms with Gasteiger partial charge in [0.25, 0.3) is 0 Å². The number of nitriles is 1. The highest BCUT2D eigenvalue weighted by atomic mass is 19.4. The Hall–Kier alpha value is -2.32. The number of benzene rings is 2. The third kappa shape index (κ3) is 2.97. The highest BCUT2D eigenvalue weighted by Gasteiger charge is 2.57. The van der Waals surface area contributed by atoms with Crippen LogP contribution in [0.15, 0.2) is 60.7 Å². The summed E-state index contributed by atoms with van der Waals surface area (Å²) in [5, 5.41) is 11.8. The lowest BCUT2D eigenvalue weighted by molar-refractivity contribution is -0.184. The predicted octanol–water partition coefficient (Wildman–Crippen LogP) is 4.32. The second-order valence-corrected chi connectivity index (χ2v) is 5.00. The number of halogens is 3. The molecule has 5 heteroatoms. The van der Waals surface area contributed by atoms with E-state index in [1.54, 1.807) is 43.3 Å². The van der Waals surface area contributed by atoms with E-state index in [1.807, 2.05) is 0 Å². The summed E-state index contributed by atoms with van der Waals surface area (Å²) in [6.45, 7) is 1.61. The average Bonchev–Trinajstić information content (AvgIpc) is 2.53. The molecule has 114 valence electrons. The van der Waals surface area contributed by atoms with Gasteiger partial charge in [-0.2, -0.15) is 18.4 Å². The van der Waals surface area contributed by atoms with Crippen LogP contribution in [0.3, 0.4) is 0 Å². The van der Waals surface area contributed by atoms with Gasteiger partial charge in [0.05, 0.1) is 6.07 Å². The van der Waals surface area contributed by atoms with Gasteiger partial charge < -0.3 is 0 Å². The van der Waals surface area contributed by atoms with E-state index >= 15 is 0 Å². The van der Waals surface area contributed by atoms with Gasteiger partial charge in [0, 0.05) is 6.04 Å². The van der Waals surface area contributed by atoms with E-state index in [1.165, 1.54) is 30.3 Å². The summed E-state index contributed by atoms with van der Waals surface area (Å²) in [4.78, 5) is 0. The second-order valence-electron chi connectivity index (χ2n) is 5.00. The summed E-state index contributed by atoms with van der Waals surface area (Å²) < 4.78 is 41.0. The van der Waals surface area contributed by atoms with Gasteiger partial charge in [0.2, 0.25) is 5.54 Å². The Kier molecular flexibility index (Phi) is 4.53. The second kappa shape index (κ2) is 6.20. The first kappa shape index (κ1) is 16.1. The molecule has 2 aromatic rings. The van der Waals surface area contributed by atoms with Crippen molar-refractivity contribution in [3.8, 4) is 6.07 Å². The van der Waals surface area contributed by atoms with E-state index in [9.17, 15) is 18.4 Å². The molecule has 0 radical (unpaired) electrons. The molecule has 2 aromatic carbocycles. The Bertz CT molecular complexity index is 647. The summed E-state index contributed by atoms with van der Waals surface area (Å²) in [7, 11) is 0. The number of nitrogens with zero attached hydrogens (tertiary/aromatic N) is 1. The first-order valence-electron chi connectivity index (χ1n) is 6.77. The van der Waals surface area contributed by atoms with Gasteiger partial charge in [-0.05, 0) is 18.1 Å². The van der Waals surface area contributed by atoms with Crippen molar-refractivity contribution in [3.05, 3.63) is 71.8 Å². The fourth-order valence-corrected chi connectivity index (χ4v) is 2.33. The molecule has 0 spiro atoms. The SMILES string of the molecule is C[C@H](N[C@@](C#N)(c1ccccc1)C(F)(F)F)c1ccccc1. The standard InChI is InChI=1S/C17H15F3N2/c1-13(14-8-4-2-5-9-14)22-16(12-21,17(18,19)20)15-10-6-3-7-11-15/h2-11,13,22H,1H3/t13-,16-/m0/s1. The molecule has 0 saturated carbocycles. The van der Waals surface area contributed by atoms with Crippen molar-refractivity contribution in [1.29, 1.82) is 5.26 Å². The summed E-state index contributed by atoms with van der Waals surface area (Å²) in [5.74, 6) is 0. The van der Waals surface area contributed by atoms with Crippen LogP contribution in [0.1, 0.15) is 24.1 Å². The van der Waals surface area contributed by atoms with E-state index in [-0.39, 0.29) is 5.56 Å². The monoisotopic (exact) mass is 304 g/mol. The van der Waals surface area contributed by atoms with Crippen molar-refractivity contribution in [3.63, 3.8) is 0 Å². The topological polar surface area (TPSA) is 35.8 Å². The Morgan fingerprint density at radius 2 is 1.45 bits per heavy atom. The van der Waals surface area contributed by atoms with Crippen LogP contribution in [0.2, 0.25) is 0 Å². The fraction of sp³-hybridized carbons (Fsp3) is 0.235. The van der Waals surface area contributed by atoms with Crippen molar-refractivity contribution >= 4 is 0 Å². The zero-order valence-corrected chi connectivity index (χ0v) is 11.9. The maximum Gasteiger partial charge on any atom is 0.424 e. The van der Waals surface area contributed by atoms with Crippen LogP contribution in [0, 0.1) is 11.3 Å². The average molecular weight is 304 g/mol. The molecule has 1 N–H and O–H groups in total. The molecule has 0 aliphatic carbocycles. The molecular formula is C17H15F3N2. The van der Waals surface area contributed by atoms with Gasteiger partial charge in [-0.15, -0.1) is 0 Å². The Morgan fingerprint density at radius 3 is 1.91 bits per heavy atom. The van der Waals surface area contributed by atoms with Crippen LogP contribution in [-0.2, 0) is 5.54 Å². The van der Waals surface area contributed by atoms with E-state index in [0.29, 0.717) is 5.56 Å². The van der Waals surface area contributed by atoms with Crippen molar-refractivity contribution in [2.45, 2.75) is 24.7 Å². The van der Waals surface area contributed by atoms with Crippen molar-refractivity contribution in [2.75, 3.05) is 0 Å². The van der Waals surface area contributed by atoms with Crippen molar-refractivity contribution < 1.29 is 13.2 Å². The van der Waals surface area contributed by atoms with E-state index in [2.05, 4.69) is 5.32 Å². The van der Waals surface area contributed by atoms with E-state index < -0.39 is 17.8 Å². The molecule has 0 aliphatic heterocycles. The molecule has 0 fully saturated rings. The summed E-state index contributed by atoms with van der Waals surface area (Å²) in [6.07, 6.45) is -4.74. The van der Waals surface area contributed by atoms with Crippen LogP contribution in [0.5, 0.6) is 0 Å². The van der Waals surface area contributed by atoms with Crippen LogP contribution < -0.4 is 5.32 Å². The lowest BCUT2D eigenvalue weighted by Gasteiger charge is -2.33. The molecule has 0 aliphatic rings. The molecule has 0 saturated heterocycles. The first-order valence-corrected chi connectivity index (χ1v) is 6.77.